The Morgan fingerprint density at radius 1 is 1.39 bits per heavy atom. The molecule has 0 saturated heterocycles. The van der Waals surface area contributed by atoms with E-state index in [0.717, 1.165) is 12.1 Å². The number of fused-ring (bicyclic) bond motifs is 1. The Balaban J connectivity index is 2.80. The molecular weight excluding hydrogens is 244 g/mol. The number of hydrogen-bond donors (Lipinski definition) is 1. The summed E-state index contributed by atoms with van der Waals surface area (Å²) in [5.41, 5.74) is -0.573. The molecular formula is C12H9F2NO3. The first-order chi connectivity index (χ1) is 8.52. The van der Waals surface area contributed by atoms with Gasteiger partial charge in [-0.25, -0.2) is 18.6 Å². The van der Waals surface area contributed by atoms with Gasteiger partial charge in [-0.2, -0.15) is 0 Å². The molecule has 0 fully saturated rings. The summed E-state index contributed by atoms with van der Waals surface area (Å²) in [6.07, 6.45) is 0. The van der Waals surface area contributed by atoms with Crippen LogP contribution in [0.15, 0.2) is 18.2 Å². The number of benzene rings is 1. The molecule has 2 rings (SSSR count). The van der Waals surface area contributed by atoms with Gasteiger partial charge in [0.15, 0.2) is 11.5 Å². The molecule has 1 aromatic carbocycles. The van der Waals surface area contributed by atoms with Crippen molar-refractivity contribution in [3.63, 3.8) is 0 Å². The van der Waals surface area contributed by atoms with E-state index in [1.165, 1.54) is 0 Å². The topological polar surface area (TPSA) is 59.4 Å². The second-order valence-corrected chi connectivity index (χ2v) is 3.53. The molecule has 0 aliphatic rings. The van der Waals surface area contributed by atoms with Crippen molar-refractivity contribution >= 4 is 16.9 Å². The number of rotatable bonds is 3. The summed E-state index contributed by atoms with van der Waals surface area (Å²) >= 11 is 0. The molecule has 0 bridgehead atoms. The highest BCUT2D eigenvalue weighted by atomic mass is 19.1. The van der Waals surface area contributed by atoms with E-state index in [9.17, 15) is 13.6 Å². The van der Waals surface area contributed by atoms with Gasteiger partial charge in [-0.05, 0) is 13.0 Å². The Bertz CT molecular complexity index is 628. The zero-order valence-corrected chi connectivity index (χ0v) is 9.41. The van der Waals surface area contributed by atoms with Crippen LogP contribution in [-0.2, 0) is 0 Å². The molecule has 0 aliphatic heterocycles. The van der Waals surface area contributed by atoms with Crippen LogP contribution in [0, 0.1) is 11.6 Å². The third-order valence-electron chi connectivity index (χ3n) is 2.31. The Morgan fingerprint density at radius 2 is 2.11 bits per heavy atom. The van der Waals surface area contributed by atoms with Gasteiger partial charge in [-0.3, -0.25) is 0 Å². The summed E-state index contributed by atoms with van der Waals surface area (Å²) in [6.45, 7) is 1.93. The fourth-order valence-electron chi connectivity index (χ4n) is 1.61. The maximum Gasteiger partial charge on any atom is 0.354 e. The zero-order chi connectivity index (χ0) is 13.3. The summed E-state index contributed by atoms with van der Waals surface area (Å²) in [6, 6.07) is 2.85. The summed E-state index contributed by atoms with van der Waals surface area (Å²) < 4.78 is 31.9. The van der Waals surface area contributed by atoms with Crippen molar-refractivity contribution in [3.05, 3.63) is 35.5 Å². The molecule has 4 nitrogen and oxygen atoms in total. The van der Waals surface area contributed by atoms with Crippen molar-refractivity contribution in [3.8, 4) is 5.75 Å². The molecule has 0 aliphatic carbocycles. The molecule has 6 heteroatoms. The van der Waals surface area contributed by atoms with Crippen molar-refractivity contribution in [1.82, 2.24) is 4.98 Å². The lowest BCUT2D eigenvalue weighted by Gasteiger charge is -2.09. The molecule has 0 amide bonds. The van der Waals surface area contributed by atoms with Gasteiger partial charge >= 0.3 is 5.97 Å². The summed E-state index contributed by atoms with van der Waals surface area (Å²) in [5.74, 6) is -2.90. The average Bonchev–Trinajstić information content (AvgIpc) is 2.29. The van der Waals surface area contributed by atoms with Crippen molar-refractivity contribution in [2.24, 2.45) is 0 Å². The maximum atomic E-state index is 13.6. The van der Waals surface area contributed by atoms with Crippen molar-refractivity contribution < 1.29 is 23.4 Å². The zero-order valence-electron chi connectivity index (χ0n) is 9.41. The van der Waals surface area contributed by atoms with Crippen LogP contribution in [0.2, 0.25) is 0 Å². The number of pyridine rings is 1. The fraction of sp³-hybridized carbons (Fsp3) is 0.167. The van der Waals surface area contributed by atoms with Crippen molar-refractivity contribution in [2.75, 3.05) is 6.61 Å². The van der Waals surface area contributed by atoms with Gasteiger partial charge in [0.1, 0.15) is 17.1 Å². The Morgan fingerprint density at radius 3 is 2.72 bits per heavy atom. The van der Waals surface area contributed by atoms with Gasteiger partial charge in [0.2, 0.25) is 0 Å². The lowest BCUT2D eigenvalue weighted by molar-refractivity contribution is 0.0690. The number of carbonyl (C=O) groups is 1. The van der Waals surface area contributed by atoms with Crippen molar-refractivity contribution in [1.29, 1.82) is 0 Å². The number of carboxylic acids is 1. The minimum Gasteiger partial charge on any atom is -0.493 e. The summed E-state index contributed by atoms with van der Waals surface area (Å²) in [5, 5.41) is 8.98. The third kappa shape index (κ3) is 2.09. The van der Waals surface area contributed by atoms with Gasteiger partial charge in [-0.1, -0.05) is 0 Å². The molecule has 1 aromatic heterocycles. The lowest BCUT2D eigenvalue weighted by Crippen LogP contribution is -2.04. The summed E-state index contributed by atoms with van der Waals surface area (Å²) in [4.78, 5) is 14.5. The second kappa shape index (κ2) is 4.56. The van der Waals surface area contributed by atoms with Crippen LogP contribution in [0.1, 0.15) is 17.4 Å². The number of aromatic carboxylic acids is 1. The molecule has 1 N–H and O–H groups in total. The summed E-state index contributed by atoms with van der Waals surface area (Å²) in [7, 11) is 0. The standard InChI is InChI=1S/C12H9F2NO3/c1-2-18-10-5-9(12(16)17)15-11-7(10)3-6(13)4-8(11)14/h3-5H,2H2,1H3,(H,16,17). The van der Waals surface area contributed by atoms with Crippen LogP contribution < -0.4 is 4.74 Å². The molecule has 2 aromatic rings. The van der Waals surface area contributed by atoms with Gasteiger partial charge in [0.05, 0.1) is 6.61 Å². The quantitative estimate of drug-likeness (QED) is 0.913. The van der Waals surface area contributed by atoms with Crippen LogP contribution in [0.3, 0.4) is 0 Å². The predicted octanol–water partition coefficient (Wildman–Crippen LogP) is 2.61. The number of hydrogen-bond acceptors (Lipinski definition) is 3. The third-order valence-corrected chi connectivity index (χ3v) is 2.31. The number of carboxylic acid groups (broad SMARTS) is 1. The van der Waals surface area contributed by atoms with Gasteiger partial charge in [0, 0.05) is 17.5 Å². The lowest BCUT2D eigenvalue weighted by atomic mass is 10.1. The Hall–Kier alpha value is -2.24. The molecule has 0 unspecified atom stereocenters. The van der Waals surface area contributed by atoms with Crippen LogP contribution >= 0.6 is 0 Å². The SMILES string of the molecule is CCOc1cc(C(=O)O)nc2c(F)cc(F)cc12. The van der Waals surface area contributed by atoms with Gasteiger partial charge in [0.25, 0.3) is 0 Å². The van der Waals surface area contributed by atoms with Crippen molar-refractivity contribution in [2.45, 2.75) is 6.92 Å². The first-order valence-corrected chi connectivity index (χ1v) is 5.18. The largest absolute Gasteiger partial charge is 0.493 e. The minimum atomic E-state index is -1.30. The minimum absolute atomic E-state index is 0.0956. The van der Waals surface area contributed by atoms with E-state index in [-0.39, 0.29) is 29.0 Å². The van der Waals surface area contributed by atoms with Crippen LogP contribution in [0.4, 0.5) is 8.78 Å². The molecule has 18 heavy (non-hydrogen) atoms. The highest BCUT2D eigenvalue weighted by Crippen LogP contribution is 2.28. The van der Waals surface area contributed by atoms with E-state index in [4.69, 9.17) is 9.84 Å². The van der Waals surface area contributed by atoms with Gasteiger partial charge in [-0.15, -0.1) is 0 Å². The average molecular weight is 253 g/mol. The Labute approximate surface area is 101 Å². The number of ether oxygens (including phenoxy) is 1. The van der Waals surface area contributed by atoms with E-state index < -0.39 is 17.6 Å². The molecule has 94 valence electrons. The highest BCUT2D eigenvalue weighted by Gasteiger charge is 2.15. The first-order valence-electron chi connectivity index (χ1n) is 5.18. The normalized spacial score (nSPS) is 10.6. The number of aromatic nitrogens is 1. The fourth-order valence-corrected chi connectivity index (χ4v) is 1.61. The number of nitrogens with zero attached hydrogens (tertiary/aromatic N) is 1. The first kappa shape index (κ1) is 12.2. The van der Waals surface area contributed by atoms with Crippen LogP contribution in [0.25, 0.3) is 10.9 Å². The molecule has 1 heterocycles. The van der Waals surface area contributed by atoms with E-state index in [2.05, 4.69) is 4.98 Å². The Kier molecular flexibility index (Phi) is 3.10. The molecule has 0 spiro atoms. The smallest absolute Gasteiger partial charge is 0.354 e. The highest BCUT2D eigenvalue weighted by molar-refractivity contribution is 5.93. The predicted molar refractivity (Wildman–Crippen MR) is 59.8 cm³/mol. The molecule has 0 atom stereocenters. The maximum absolute atomic E-state index is 13.6. The van der Waals surface area contributed by atoms with Gasteiger partial charge < -0.3 is 9.84 Å². The molecule has 0 saturated carbocycles. The van der Waals surface area contributed by atoms with E-state index in [1.807, 2.05) is 0 Å². The molecule has 0 radical (unpaired) electrons. The monoisotopic (exact) mass is 253 g/mol. The van der Waals surface area contributed by atoms with E-state index in [1.54, 1.807) is 6.92 Å². The number of halogens is 2. The van der Waals surface area contributed by atoms with E-state index >= 15 is 0 Å². The second-order valence-electron chi connectivity index (χ2n) is 3.53. The van der Waals surface area contributed by atoms with Crippen LogP contribution in [0.5, 0.6) is 5.75 Å². The van der Waals surface area contributed by atoms with Crippen LogP contribution in [-0.4, -0.2) is 22.7 Å². The van der Waals surface area contributed by atoms with E-state index in [0.29, 0.717) is 6.07 Å².